The minimum absolute atomic E-state index is 0.0407. The monoisotopic (exact) mass is 439 g/mol. The fourth-order valence-electron chi connectivity index (χ4n) is 2.96. The van der Waals surface area contributed by atoms with Gasteiger partial charge in [-0.25, -0.2) is 12.8 Å². The Kier molecular flexibility index (Phi) is 6.09. The van der Waals surface area contributed by atoms with E-state index in [4.69, 9.17) is 11.6 Å². The highest BCUT2D eigenvalue weighted by molar-refractivity contribution is 7.92. The first-order chi connectivity index (χ1) is 13.7. The van der Waals surface area contributed by atoms with Gasteiger partial charge in [-0.3, -0.25) is 14.3 Å². The second-order valence-electron chi connectivity index (χ2n) is 6.55. The lowest BCUT2D eigenvalue weighted by Crippen LogP contribution is -2.50. The predicted molar refractivity (Wildman–Crippen MR) is 107 cm³/mol. The number of sulfonamides is 1. The Labute approximate surface area is 173 Å². The molecule has 1 N–H and O–H groups in total. The molecule has 0 atom stereocenters. The normalized spacial score (nSPS) is 14.6. The van der Waals surface area contributed by atoms with E-state index in [1.54, 1.807) is 9.80 Å². The Balaban J connectivity index is 1.78. The number of nitrogens with zero attached hydrogens (tertiary/aromatic N) is 2. The molecule has 0 spiro atoms. The molecule has 1 heterocycles. The third-order valence-electron chi connectivity index (χ3n) is 4.59. The fourth-order valence-corrected chi connectivity index (χ4v) is 4.25. The van der Waals surface area contributed by atoms with Crippen LogP contribution in [-0.4, -0.2) is 56.2 Å². The molecule has 0 saturated carbocycles. The molecule has 3 rings (SSSR count). The maximum absolute atomic E-state index is 13.1. The Hall–Kier alpha value is -2.65. The van der Waals surface area contributed by atoms with Gasteiger partial charge in [0.2, 0.25) is 5.91 Å². The average molecular weight is 440 g/mol. The van der Waals surface area contributed by atoms with Gasteiger partial charge in [-0.15, -0.1) is 0 Å². The van der Waals surface area contributed by atoms with E-state index < -0.39 is 15.8 Å². The molecule has 29 heavy (non-hydrogen) atoms. The highest BCUT2D eigenvalue weighted by atomic mass is 35.5. The van der Waals surface area contributed by atoms with Crippen molar-refractivity contribution < 1.29 is 22.4 Å². The first-order valence-corrected chi connectivity index (χ1v) is 10.7. The van der Waals surface area contributed by atoms with E-state index in [9.17, 15) is 22.4 Å². The summed E-state index contributed by atoms with van der Waals surface area (Å²) in [6, 6.07) is 8.65. The standard InChI is InChI=1S/C19H19ClFN3O4S/c1-13(25)23-8-10-24(11-9-23)19(26)14-2-7-17(20)18(12-14)22-29(27,28)16-5-3-15(21)4-6-16/h2-7,12,22H,8-11H2,1H3. The van der Waals surface area contributed by atoms with Gasteiger partial charge >= 0.3 is 0 Å². The molecule has 0 unspecified atom stereocenters. The van der Waals surface area contributed by atoms with Crippen LogP contribution >= 0.6 is 11.6 Å². The maximum Gasteiger partial charge on any atom is 0.261 e. The van der Waals surface area contributed by atoms with Gasteiger partial charge in [-0.2, -0.15) is 0 Å². The van der Waals surface area contributed by atoms with E-state index >= 15 is 0 Å². The summed E-state index contributed by atoms with van der Waals surface area (Å²) in [7, 11) is -4.01. The molecule has 1 saturated heterocycles. The lowest BCUT2D eigenvalue weighted by Gasteiger charge is -2.34. The van der Waals surface area contributed by atoms with Crippen LogP contribution in [0.25, 0.3) is 0 Å². The Bertz CT molecular complexity index is 1040. The highest BCUT2D eigenvalue weighted by Gasteiger charge is 2.24. The quantitative estimate of drug-likeness (QED) is 0.793. The van der Waals surface area contributed by atoms with Crippen LogP contribution in [0.3, 0.4) is 0 Å². The molecule has 0 aliphatic carbocycles. The molecule has 1 aliphatic rings. The van der Waals surface area contributed by atoms with Gasteiger partial charge in [-0.1, -0.05) is 11.6 Å². The molecule has 2 amide bonds. The van der Waals surface area contributed by atoms with Crippen molar-refractivity contribution in [2.24, 2.45) is 0 Å². The summed E-state index contributed by atoms with van der Waals surface area (Å²) in [4.78, 5) is 27.3. The minimum Gasteiger partial charge on any atom is -0.339 e. The van der Waals surface area contributed by atoms with Crippen LogP contribution < -0.4 is 4.72 Å². The van der Waals surface area contributed by atoms with Crippen molar-refractivity contribution in [2.45, 2.75) is 11.8 Å². The van der Waals surface area contributed by atoms with E-state index in [-0.39, 0.29) is 33.0 Å². The van der Waals surface area contributed by atoms with Gasteiger partial charge in [-0.05, 0) is 42.5 Å². The molecule has 1 aliphatic heterocycles. The van der Waals surface area contributed by atoms with Crippen molar-refractivity contribution in [2.75, 3.05) is 30.9 Å². The largest absolute Gasteiger partial charge is 0.339 e. The third kappa shape index (κ3) is 4.86. The van der Waals surface area contributed by atoms with Gasteiger partial charge in [0.15, 0.2) is 0 Å². The number of halogens is 2. The lowest BCUT2D eigenvalue weighted by molar-refractivity contribution is -0.130. The first kappa shape index (κ1) is 21.1. The zero-order chi connectivity index (χ0) is 21.2. The molecule has 154 valence electrons. The number of benzene rings is 2. The third-order valence-corrected chi connectivity index (χ3v) is 6.30. The molecule has 7 nitrogen and oxygen atoms in total. The van der Waals surface area contributed by atoms with Gasteiger partial charge < -0.3 is 9.80 Å². The molecule has 1 fully saturated rings. The van der Waals surface area contributed by atoms with Crippen LogP contribution in [0.4, 0.5) is 10.1 Å². The number of hydrogen-bond donors (Lipinski definition) is 1. The van der Waals surface area contributed by atoms with E-state index in [2.05, 4.69) is 4.72 Å². The van der Waals surface area contributed by atoms with Crippen molar-refractivity contribution in [3.8, 4) is 0 Å². The van der Waals surface area contributed by atoms with E-state index in [0.717, 1.165) is 24.3 Å². The number of carbonyl (C=O) groups is 2. The van der Waals surface area contributed by atoms with Crippen molar-refractivity contribution in [3.63, 3.8) is 0 Å². The Morgan fingerprint density at radius 2 is 1.59 bits per heavy atom. The minimum atomic E-state index is -4.01. The number of anilines is 1. The topological polar surface area (TPSA) is 86.8 Å². The van der Waals surface area contributed by atoms with Crippen LogP contribution in [0.1, 0.15) is 17.3 Å². The van der Waals surface area contributed by atoms with E-state index in [0.29, 0.717) is 26.2 Å². The molecule has 2 aromatic carbocycles. The fraction of sp³-hybridized carbons (Fsp3) is 0.263. The van der Waals surface area contributed by atoms with Crippen molar-refractivity contribution in [1.82, 2.24) is 9.80 Å². The van der Waals surface area contributed by atoms with Crippen LogP contribution in [0, 0.1) is 5.82 Å². The summed E-state index contributed by atoms with van der Waals surface area (Å²) < 4.78 is 40.4. The zero-order valence-corrected chi connectivity index (χ0v) is 17.1. The van der Waals surface area contributed by atoms with Crippen LogP contribution in [0.15, 0.2) is 47.4 Å². The predicted octanol–water partition coefficient (Wildman–Crippen LogP) is 2.58. The van der Waals surface area contributed by atoms with Crippen molar-refractivity contribution in [3.05, 3.63) is 58.9 Å². The summed E-state index contributed by atoms with van der Waals surface area (Å²) in [6.45, 7) is 3.14. The number of piperazine rings is 1. The number of hydrogen-bond acceptors (Lipinski definition) is 4. The smallest absolute Gasteiger partial charge is 0.261 e. The van der Waals surface area contributed by atoms with Crippen LogP contribution in [-0.2, 0) is 14.8 Å². The summed E-state index contributed by atoms with van der Waals surface area (Å²) >= 11 is 6.10. The van der Waals surface area contributed by atoms with Gasteiger partial charge in [0.1, 0.15) is 5.82 Å². The maximum atomic E-state index is 13.1. The summed E-state index contributed by atoms with van der Waals surface area (Å²) in [5.41, 5.74) is 0.312. The Morgan fingerprint density at radius 1 is 1.00 bits per heavy atom. The van der Waals surface area contributed by atoms with Gasteiger partial charge in [0.05, 0.1) is 15.6 Å². The van der Waals surface area contributed by atoms with Gasteiger partial charge in [0.25, 0.3) is 15.9 Å². The first-order valence-electron chi connectivity index (χ1n) is 8.80. The van der Waals surface area contributed by atoms with Crippen LogP contribution in [0.2, 0.25) is 5.02 Å². The second-order valence-corrected chi connectivity index (χ2v) is 8.64. The molecule has 0 radical (unpaired) electrons. The van der Waals surface area contributed by atoms with Crippen molar-refractivity contribution >= 4 is 39.1 Å². The van der Waals surface area contributed by atoms with E-state index in [1.165, 1.54) is 25.1 Å². The van der Waals surface area contributed by atoms with Gasteiger partial charge in [0, 0.05) is 38.7 Å². The zero-order valence-electron chi connectivity index (χ0n) is 15.6. The summed E-state index contributed by atoms with van der Waals surface area (Å²) in [5.74, 6) is -0.882. The molecule has 0 aromatic heterocycles. The lowest BCUT2D eigenvalue weighted by atomic mass is 10.1. The number of amides is 2. The number of rotatable bonds is 4. The number of nitrogens with one attached hydrogen (secondary N) is 1. The SMILES string of the molecule is CC(=O)N1CCN(C(=O)c2ccc(Cl)c(NS(=O)(=O)c3ccc(F)cc3)c2)CC1. The molecular weight excluding hydrogens is 421 g/mol. The molecular formula is C19H19ClFN3O4S. The van der Waals surface area contributed by atoms with Crippen molar-refractivity contribution in [1.29, 1.82) is 0 Å². The molecule has 10 heteroatoms. The highest BCUT2D eigenvalue weighted by Crippen LogP contribution is 2.27. The average Bonchev–Trinajstić information content (AvgIpc) is 2.69. The molecule has 0 bridgehead atoms. The Morgan fingerprint density at radius 3 is 2.17 bits per heavy atom. The molecule has 2 aromatic rings. The summed E-state index contributed by atoms with van der Waals surface area (Å²) in [5, 5.41) is 0.119. The van der Waals surface area contributed by atoms with E-state index in [1.807, 2.05) is 0 Å². The second kappa shape index (κ2) is 8.38. The van der Waals surface area contributed by atoms with Crippen LogP contribution in [0.5, 0.6) is 0 Å². The summed E-state index contributed by atoms with van der Waals surface area (Å²) in [6.07, 6.45) is 0. The number of carbonyl (C=O) groups excluding carboxylic acids is 2.